The molecule has 1 saturated heterocycles. The molecule has 4 nitrogen and oxygen atoms in total. The van der Waals surface area contributed by atoms with Crippen molar-refractivity contribution in [1.82, 2.24) is 10.2 Å². The van der Waals surface area contributed by atoms with Crippen LogP contribution in [0.4, 0.5) is 0 Å². The second-order valence-corrected chi connectivity index (χ2v) is 4.41. The Morgan fingerprint density at radius 3 is 3.00 bits per heavy atom. The molecule has 0 bridgehead atoms. The van der Waals surface area contributed by atoms with Gasteiger partial charge in [-0.05, 0) is 13.3 Å². The molecule has 1 fully saturated rings. The van der Waals surface area contributed by atoms with Crippen LogP contribution in [0.1, 0.15) is 29.3 Å². The van der Waals surface area contributed by atoms with Crippen LogP contribution < -0.4 is 5.73 Å². The Kier molecular flexibility index (Phi) is 2.57. The first-order valence-electron chi connectivity index (χ1n) is 4.43. The van der Waals surface area contributed by atoms with Gasteiger partial charge in [-0.1, -0.05) is 11.3 Å². The molecule has 0 amide bonds. The van der Waals surface area contributed by atoms with Gasteiger partial charge in [0.1, 0.15) is 10.0 Å². The molecule has 0 radical (unpaired) electrons. The van der Waals surface area contributed by atoms with Gasteiger partial charge < -0.3 is 10.5 Å². The molecule has 1 aromatic rings. The molecular weight excluding hydrogens is 186 g/mol. The monoisotopic (exact) mass is 199 g/mol. The first-order chi connectivity index (χ1) is 6.29. The van der Waals surface area contributed by atoms with Crippen molar-refractivity contribution in [1.29, 1.82) is 0 Å². The summed E-state index contributed by atoms with van der Waals surface area (Å²) < 4.78 is 5.47. The zero-order chi connectivity index (χ0) is 9.26. The lowest BCUT2D eigenvalue weighted by atomic mass is 10.1. The third-order valence-corrected chi connectivity index (χ3v) is 3.31. The van der Waals surface area contributed by atoms with E-state index in [9.17, 15) is 0 Å². The predicted octanol–water partition coefficient (Wildman–Crippen LogP) is 0.889. The minimum absolute atomic E-state index is 0.357. The maximum atomic E-state index is 5.47. The van der Waals surface area contributed by atoms with E-state index < -0.39 is 0 Å². The summed E-state index contributed by atoms with van der Waals surface area (Å²) in [6.45, 7) is 3.35. The summed E-state index contributed by atoms with van der Waals surface area (Å²) in [6.07, 6.45) is 1.41. The smallest absolute Gasteiger partial charge is 0.131 e. The Morgan fingerprint density at radius 1 is 1.62 bits per heavy atom. The number of nitrogens with zero attached hydrogens (tertiary/aromatic N) is 2. The van der Waals surface area contributed by atoms with E-state index in [2.05, 4.69) is 17.1 Å². The van der Waals surface area contributed by atoms with Gasteiger partial charge in [-0.3, -0.25) is 0 Å². The number of hydrogen-bond donors (Lipinski definition) is 1. The highest BCUT2D eigenvalue weighted by molar-refractivity contribution is 7.11. The fourth-order valence-corrected chi connectivity index (χ4v) is 2.32. The van der Waals surface area contributed by atoms with Crippen LogP contribution in [0.2, 0.25) is 0 Å². The number of hydrogen-bond acceptors (Lipinski definition) is 5. The van der Waals surface area contributed by atoms with Crippen molar-refractivity contribution in [3.8, 4) is 0 Å². The summed E-state index contributed by atoms with van der Waals surface area (Å²) in [5.41, 5.74) is 5.47. The SMILES string of the molecule is CC1CC(c2nnc(CN)s2)CO1. The number of rotatable bonds is 2. The van der Waals surface area contributed by atoms with Crippen molar-refractivity contribution in [3.63, 3.8) is 0 Å². The van der Waals surface area contributed by atoms with Crippen LogP contribution in [-0.2, 0) is 11.3 Å². The lowest BCUT2D eigenvalue weighted by molar-refractivity contribution is 0.123. The second-order valence-electron chi connectivity index (χ2n) is 3.31. The average molecular weight is 199 g/mol. The van der Waals surface area contributed by atoms with Crippen LogP contribution in [0.15, 0.2) is 0 Å². The van der Waals surface area contributed by atoms with E-state index in [1.54, 1.807) is 11.3 Å². The van der Waals surface area contributed by atoms with E-state index in [1.165, 1.54) is 0 Å². The van der Waals surface area contributed by atoms with Crippen molar-refractivity contribution >= 4 is 11.3 Å². The molecule has 1 aliphatic heterocycles. The molecule has 0 spiro atoms. The van der Waals surface area contributed by atoms with Gasteiger partial charge in [-0.2, -0.15) is 0 Å². The largest absolute Gasteiger partial charge is 0.378 e. The van der Waals surface area contributed by atoms with E-state index in [4.69, 9.17) is 10.5 Å². The fraction of sp³-hybridized carbons (Fsp3) is 0.750. The Morgan fingerprint density at radius 2 is 2.46 bits per heavy atom. The second kappa shape index (κ2) is 3.69. The number of aromatic nitrogens is 2. The first kappa shape index (κ1) is 9.05. The summed E-state index contributed by atoms with van der Waals surface area (Å²) >= 11 is 1.60. The molecule has 0 aromatic carbocycles. The molecular formula is C8H13N3OS. The standard InChI is InChI=1S/C8H13N3OS/c1-5-2-6(4-12-5)8-11-10-7(3-9)13-8/h5-6H,2-4,9H2,1H3. The quantitative estimate of drug-likeness (QED) is 0.768. The summed E-state index contributed by atoms with van der Waals surface area (Å²) in [6, 6.07) is 0. The summed E-state index contributed by atoms with van der Waals surface area (Å²) in [7, 11) is 0. The Balaban J connectivity index is 2.08. The fourth-order valence-electron chi connectivity index (χ4n) is 1.50. The third kappa shape index (κ3) is 1.87. The van der Waals surface area contributed by atoms with Crippen LogP contribution in [-0.4, -0.2) is 22.9 Å². The van der Waals surface area contributed by atoms with Gasteiger partial charge in [0.15, 0.2) is 0 Å². The number of nitrogens with two attached hydrogens (primary N) is 1. The van der Waals surface area contributed by atoms with Crippen molar-refractivity contribution in [3.05, 3.63) is 10.0 Å². The van der Waals surface area contributed by atoms with Crippen molar-refractivity contribution < 1.29 is 4.74 Å². The minimum atomic E-state index is 0.357. The molecule has 2 rings (SSSR count). The van der Waals surface area contributed by atoms with E-state index in [0.717, 1.165) is 23.0 Å². The van der Waals surface area contributed by atoms with Crippen molar-refractivity contribution in [2.75, 3.05) is 6.61 Å². The summed E-state index contributed by atoms with van der Waals surface area (Å²) in [4.78, 5) is 0. The van der Waals surface area contributed by atoms with Gasteiger partial charge in [0.25, 0.3) is 0 Å². The van der Waals surface area contributed by atoms with Gasteiger partial charge in [0.2, 0.25) is 0 Å². The zero-order valence-corrected chi connectivity index (χ0v) is 8.38. The van der Waals surface area contributed by atoms with Crippen LogP contribution >= 0.6 is 11.3 Å². The molecule has 2 N–H and O–H groups in total. The Bertz CT molecular complexity index is 289. The number of ether oxygens (including phenoxy) is 1. The van der Waals surface area contributed by atoms with Crippen LogP contribution in [0.5, 0.6) is 0 Å². The van der Waals surface area contributed by atoms with Crippen LogP contribution in [0, 0.1) is 0 Å². The molecule has 2 unspecified atom stereocenters. The molecule has 2 atom stereocenters. The molecule has 1 aromatic heterocycles. The molecule has 72 valence electrons. The van der Waals surface area contributed by atoms with Gasteiger partial charge >= 0.3 is 0 Å². The lowest BCUT2D eigenvalue weighted by Crippen LogP contribution is -1.97. The van der Waals surface area contributed by atoms with E-state index >= 15 is 0 Å². The zero-order valence-electron chi connectivity index (χ0n) is 7.56. The Hall–Kier alpha value is -0.520. The minimum Gasteiger partial charge on any atom is -0.378 e. The molecule has 2 heterocycles. The molecule has 0 aliphatic carbocycles. The van der Waals surface area contributed by atoms with E-state index in [1.807, 2.05) is 0 Å². The topological polar surface area (TPSA) is 61.0 Å². The van der Waals surface area contributed by atoms with Crippen LogP contribution in [0.25, 0.3) is 0 Å². The third-order valence-electron chi connectivity index (χ3n) is 2.20. The van der Waals surface area contributed by atoms with Gasteiger partial charge in [-0.25, -0.2) is 0 Å². The summed E-state index contributed by atoms with van der Waals surface area (Å²) in [5, 5.41) is 10.1. The van der Waals surface area contributed by atoms with Crippen molar-refractivity contribution in [2.24, 2.45) is 5.73 Å². The average Bonchev–Trinajstić information content (AvgIpc) is 2.71. The van der Waals surface area contributed by atoms with Gasteiger partial charge in [0, 0.05) is 12.5 Å². The normalized spacial score (nSPS) is 28.2. The van der Waals surface area contributed by atoms with E-state index in [-0.39, 0.29) is 0 Å². The molecule has 1 aliphatic rings. The maximum absolute atomic E-state index is 5.47. The highest BCUT2D eigenvalue weighted by atomic mass is 32.1. The van der Waals surface area contributed by atoms with Crippen molar-refractivity contribution in [2.45, 2.75) is 31.9 Å². The molecule has 5 heteroatoms. The highest BCUT2D eigenvalue weighted by Gasteiger charge is 2.26. The Labute approximate surface area is 81.1 Å². The lowest BCUT2D eigenvalue weighted by Gasteiger charge is -1.99. The van der Waals surface area contributed by atoms with Gasteiger partial charge in [-0.15, -0.1) is 10.2 Å². The molecule has 13 heavy (non-hydrogen) atoms. The van der Waals surface area contributed by atoms with Crippen LogP contribution in [0.3, 0.4) is 0 Å². The molecule has 0 saturated carbocycles. The van der Waals surface area contributed by atoms with E-state index in [0.29, 0.717) is 18.6 Å². The van der Waals surface area contributed by atoms with Gasteiger partial charge in [0.05, 0.1) is 12.7 Å². The first-order valence-corrected chi connectivity index (χ1v) is 5.25. The predicted molar refractivity (Wildman–Crippen MR) is 50.6 cm³/mol. The summed E-state index contributed by atoms with van der Waals surface area (Å²) in [5.74, 6) is 0.438. The maximum Gasteiger partial charge on any atom is 0.131 e. The highest BCUT2D eigenvalue weighted by Crippen LogP contribution is 2.30.